The number of hydrogen-bond donors (Lipinski definition) is 0. The molecule has 1 amide bonds. The Morgan fingerprint density at radius 2 is 2.16 bits per heavy atom. The first-order valence-electron chi connectivity index (χ1n) is 9.00. The van der Waals surface area contributed by atoms with E-state index in [2.05, 4.69) is 16.9 Å². The van der Waals surface area contributed by atoms with E-state index in [0.29, 0.717) is 11.5 Å². The molecular formula is C19H26N4OS. The Kier molecular flexibility index (Phi) is 4.20. The molecule has 5 nitrogen and oxygen atoms in total. The molecule has 1 spiro atoms. The van der Waals surface area contributed by atoms with Crippen LogP contribution in [-0.2, 0) is 13.6 Å². The molecule has 0 radical (unpaired) electrons. The molecule has 2 aromatic heterocycles. The van der Waals surface area contributed by atoms with Gasteiger partial charge >= 0.3 is 0 Å². The van der Waals surface area contributed by atoms with Crippen LogP contribution in [0, 0.1) is 12.3 Å². The highest BCUT2D eigenvalue weighted by Gasteiger charge is 2.56. The van der Waals surface area contributed by atoms with Gasteiger partial charge in [0.25, 0.3) is 5.91 Å². The van der Waals surface area contributed by atoms with Crippen molar-refractivity contribution in [2.45, 2.75) is 38.8 Å². The number of rotatable bonds is 4. The summed E-state index contributed by atoms with van der Waals surface area (Å²) in [5, 5.41) is 3.23. The molecule has 2 aromatic rings. The third-order valence-electron chi connectivity index (χ3n) is 6.19. The molecule has 1 atom stereocenters. The molecule has 25 heavy (non-hydrogen) atoms. The van der Waals surface area contributed by atoms with Crippen LogP contribution < -0.4 is 0 Å². The molecule has 1 aliphatic heterocycles. The quantitative estimate of drug-likeness (QED) is 0.844. The summed E-state index contributed by atoms with van der Waals surface area (Å²) >= 11 is 1.73. The van der Waals surface area contributed by atoms with Crippen molar-refractivity contribution >= 4 is 17.2 Å². The van der Waals surface area contributed by atoms with Gasteiger partial charge in [-0.3, -0.25) is 9.69 Å². The van der Waals surface area contributed by atoms with Crippen LogP contribution in [0.5, 0.6) is 0 Å². The van der Waals surface area contributed by atoms with Crippen LogP contribution >= 0.6 is 11.3 Å². The van der Waals surface area contributed by atoms with Crippen LogP contribution in [-0.4, -0.2) is 51.4 Å². The predicted octanol–water partition coefficient (Wildman–Crippen LogP) is 2.92. The topological polar surface area (TPSA) is 41.4 Å². The van der Waals surface area contributed by atoms with E-state index in [0.717, 1.165) is 43.9 Å². The summed E-state index contributed by atoms with van der Waals surface area (Å²) in [6.07, 6.45) is 5.39. The lowest BCUT2D eigenvalue weighted by Gasteiger charge is -2.34. The highest BCUT2D eigenvalue weighted by atomic mass is 32.1. The second-order valence-corrected chi connectivity index (χ2v) is 8.61. The van der Waals surface area contributed by atoms with Gasteiger partial charge in [0.2, 0.25) is 0 Å². The van der Waals surface area contributed by atoms with Gasteiger partial charge in [0.1, 0.15) is 10.7 Å². The minimum absolute atomic E-state index is 0.179. The number of likely N-dealkylation sites (tertiary alicyclic amines) is 1. The SMILES string of the molecule is Cc1ccc(C(=O)N2CCC3(CC2)CC3N(C)Cc2nccs2)n1C. The number of thiazole rings is 1. The van der Waals surface area contributed by atoms with E-state index in [-0.39, 0.29) is 5.91 Å². The van der Waals surface area contributed by atoms with Crippen LogP contribution in [0.25, 0.3) is 0 Å². The molecule has 2 aliphatic rings. The number of aryl methyl sites for hydroxylation is 1. The Morgan fingerprint density at radius 3 is 2.76 bits per heavy atom. The summed E-state index contributed by atoms with van der Waals surface area (Å²) in [7, 11) is 4.18. The number of piperidine rings is 1. The smallest absolute Gasteiger partial charge is 0.270 e. The van der Waals surface area contributed by atoms with Gasteiger partial charge in [0.05, 0.1) is 6.54 Å². The molecule has 134 valence electrons. The fourth-order valence-electron chi connectivity index (χ4n) is 4.29. The first-order valence-corrected chi connectivity index (χ1v) is 9.88. The average molecular weight is 359 g/mol. The van der Waals surface area contributed by atoms with Crippen molar-refractivity contribution < 1.29 is 4.79 Å². The van der Waals surface area contributed by atoms with Crippen LogP contribution in [0.15, 0.2) is 23.7 Å². The highest BCUT2D eigenvalue weighted by Crippen LogP contribution is 2.56. The van der Waals surface area contributed by atoms with Crippen LogP contribution in [0.3, 0.4) is 0 Å². The molecule has 4 rings (SSSR count). The monoisotopic (exact) mass is 358 g/mol. The van der Waals surface area contributed by atoms with Crippen LogP contribution in [0.4, 0.5) is 0 Å². The lowest BCUT2D eigenvalue weighted by Crippen LogP contribution is -2.41. The van der Waals surface area contributed by atoms with Gasteiger partial charge < -0.3 is 9.47 Å². The number of hydrogen-bond acceptors (Lipinski definition) is 4. The van der Waals surface area contributed by atoms with Gasteiger partial charge in [0.15, 0.2) is 0 Å². The Bertz CT molecular complexity index is 758. The lowest BCUT2D eigenvalue weighted by atomic mass is 9.92. The fraction of sp³-hybridized carbons (Fsp3) is 0.579. The van der Waals surface area contributed by atoms with Gasteiger partial charge in [-0.25, -0.2) is 4.98 Å². The van der Waals surface area contributed by atoms with E-state index < -0.39 is 0 Å². The van der Waals surface area contributed by atoms with E-state index in [1.165, 1.54) is 11.4 Å². The summed E-state index contributed by atoms with van der Waals surface area (Å²) in [5.41, 5.74) is 2.36. The lowest BCUT2D eigenvalue weighted by molar-refractivity contribution is 0.0648. The van der Waals surface area contributed by atoms with E-state index >= 15 is 0 Å². The number of aromatic nitrogens is 2. The van der Waals surface area contributed by atoms with Crippen molar-refractivity contribution in [1.82, 2.24) is 19.4 Å². The van der Waals surface area contributed by atoms with E-state index in [1.807, 2.05) is 47.1 Å². The maximum atomic E-state index is 12.8. The third kappa shape index (κ3) is 3.02. The summed E-state index contributed by atoms with van der Waals surface area (Å²) in [4.78, 5) is 21.7. The zero-order valence-electron chi connectivity index (χ0n) is 15.2. The maximum Gasteiger partial charge on any atom is 0.270 e. The van der Waals surface area contributed by atoms with E-state index in [9.17, 15) is 4.79 Å². The Balaban J connectivity index is 1.34. The number of nitrogens with zero attached hydrogens (tertiary/aromatic N) is 4. The minimum Gasteiger partial charge on any atom is -0.344 e. The Hall–Kier alpha value is -1.66. The standard InChI is InChI=1S/C19H26N4OS/c1-14-4-5-15(22(14)3)18(24)23-9-6-19(7-10-23)12-16(19)21(2)13-17-20-8-11-25-17/h4-5,8,11,16H,6-7,9-10,12-13H2,1-3H3. The van der Waals surface area contributed by atoms with Crippen molar-refractivity contribution in [2.24, 2.45) is 12.5 Å². The Labute approximate surface area is 153 Å². The molecule has 2 fully saturated rings. The van der Waals surface area contributed by atoms with Gasteiger partial charge in [-0.15, -0.1) is 11.3 Å². The molecule has 1 saturated heterocycles. The van der Waals surface area contributed by atoms with Crippen molar-refractivity contribution in [3.63, 3.8) is 0 Å². The van der Waals surface area contributed by atoms with Gasteiger partial charge in [-0.05, 0) is 50.8 Å². The molecule has 1 aliphatic carbocycles. The Morgan fingerprint density at radius 1 is 1.40 bits per heavy atom. The largest absolute Gasteiger partial charge is 0.344 e. The molecule has 6 heteroatoms. The number of carbonyl (C=O) groups is 1. The van der Waals surface area contributed by atoms with Crippen molar-refractivity contribution in [2.75, 3.05) is 20.1 Å². The van der Waals surface area contributed by atoms with Crippen molar-refractivity contribution in [1.29, 1.82) is 0 Å². The van der Waals surface area contributed by atoms with Crippen LogP contribution in [0.2, 0.25) is 0 Å². The maximum absolute atomic E-state index is 12.8. The molecule has 0 aromatic carbocycles. The average Bonchev–Trinajstić information content (AvgIpc) is 2.92. The van der Waals surface area contributed by atoms with E-state index in [4.69, 9.17) is 0 Å². The first-order chi connectivity index (χ1) is 12.0. The zero-order valence-corrected chi connectivity index (χ0v) is 16.1. The van der Waals surface area contributed by atoms with Gasteiger partial charge in [-0.1, -0.05) is 0 Å². The summed E-state index contributed by atoms with van der Waals surface area (Å²) < 4.78 is 1.99. The summed E-state index contributed by atoms with van der Waals surface area (Å²) in [5.74, 6) is 0.179. The third-order valence-corrected chi connectivity index (χ3v) is 6.95. The highest BCUT2D eigenvalue weighted by molar-refractivity contribution is 7.09. The van der Waals surface area contributed by atoms with E-state index in [1.54, 1.807) is 11.3 Å². The minimum atomic E-state index is 0.179. The first kappa shape index (κ1) is 16.8. The number of amides is 1. The molecule has 0 bridgehead atoms. The second kappa shape index (κ2) is 6.25. The fourth-order valence-corrected chi connectivity index (χ4v) is 4.97. The molecular weight excluding hydrogens is 332 g/mol. The molecule has 1 unspecified atom stereocenters. The summed E-state index contributed by atoms with van der Waals surface area (Å²) in [6, 6.07) is 4.61. The molecule has 1 saturated carbocycles. The number of carbonyl (C=O) groups excluding carboxylic acids is 1. The predicted molar refractivity (Wildman–Crippen MR) is 99.7 cm³/mol. The van der Waals surface area contributed by atoms with Crippen molar-refractivity contribution in [3.8, 4) is 0 Å². The molecule has 0 N–H and O–H groups in total. The second-order valence-electron chi connectivity index (χ2n) is 7.63. The van der Waals surface area contributed by atoms with Gasteiger partial charge in [0, 0.05) is 43.4 Å². The zero-order chi connectivity index (χ0) is 17.6. The van der Waals surface area contributed by atoms with Crippen LogP contribution in [0.1, 0.15) is 40.5 Å². The van der Waals surface area contributed by atoms with Crippen molar-refractivity contribution in [3.05, 3.63) is 40.1 Å². The van der Waals surface area contributed by atoms with Gasteiger partial charge in [-0.2, -0.15) is 0 Å². The molecule has 3 heterocycles. The normalized spacial score (nSPS) is 21.9. The summed E-state index contributed by atoms with van der Waals surface area (Å²) in [6.45, 7) is 4.74.